The lowest BCUT2D eigenvalue weighted by molar-refractivity contribution is 0.234. The lowest BCUT2D eigenvalue weighted by atomic mass is 10.0. The molecule has 46 heavy (non-hydrogen) atoms. The highest BCUT2D eigenvalue weighted by Crippen LogP contribution is 2.31. The second kappa shape index (κ2) is 17.3. The topological polar surface area (TPSA) is 163 Å². The number of unbranched alkanes of at least 4 members (excludes halogenated alkanes) is 2. The molecule has 0 amide bonds. The Morgan fingerprint density at radius 1 is 0.630 bits per heavy atom. The molecule has 0 aromatic heterocycles. The molecule has 3 aromatic rings. The van der Waals surface area contributed by atoms with Crippen LogP contribution in [-0.2, 0) is 20.0 Å². The third-order valence-corrected chi connectivity index (χ3v) is 10.8. The van der Waals surface area contributed by atoms with Crippen molar-refractivity contribution in [1.82, 2.24) is 0 Å². The number of nitrogen functional groups attached to an aromatic ring is 2. The summed E-state index contributed by atoms with van der Waals surface area (Å²) < 4.78 is 70.3. The van der Waals surface area contributed by atoms with Crippen LogP contribution in [0.4, 0.5) is 22.7 Å². The van der Waals surface area contributed by atoms with Crippen molar-refractivity contribution in [2.45, 2.75) is 88.9 Å². The average molecular weight is 675 g/mol. The molecule has 2 unspecified atom stereocenters. The predicted octanol–water partition coefficient (Wildman–Crippen LogP) is 7.64. The van der Waals surface area contributed by atoms with E-state index < -0.39 is 20.0 Å². The van der Waals surface area contributed by atoms with E-state index in [2.05, 4.69) is 37.1 Å². The molecule has 0 aliphatic heterocycles. The van der Waals surface area contributed by atoms with Gasteiger partial charge in [-0.15, -0.1) is 0 Å². The second-order valence-corrected chi connectivity index (χ2v) is 15.0. The Bertz CT molecular complexity index is 1510. The number of hydrogen-bond donors (Lipinski definition) is 4. The Hall–Kier alpha value is -3.64. The van der Waals surface area contributed by atoms with E-state index in [9.17, 15) is 16.8 Å². The second-order valence-electron chi connectivity index (χ2n) is 11.6. The van der Waals surface area contributed by atoms with Gasteiger partial charge in [-0.05, 0) is 67.1 Å². The first-order valence-electron chi connectivity index (χ1n) is 16.1. The van der Waals surface area contributed by atoms with Gasteiger partial charge >= 0.3 is 0 Å². The number of benzene rings is 3. The van der Waals surface area contributed by atoms with Gasteiger partial charge in [-0.25, -0.2) is 16.8 Å². The van der Waals surface area contributed by atoms with Gasteiger partial charge in [0.25, 0.3) is 20.0 Å². The molecule has 0 fully saturated rings. The molecule has 0 heterocycles. The van der Waals surface area contributed by atoms with E-state index in [4.69, 9.17) is 20.9 Å². The normalized spacial score (nSPS) is 13.1. The largest absolute Gasteiger partial charge is 0.491 e. The number of sulfonamides is 2. The maximum Gasteiger partial charge on any atom is 0.261 e. The minimum atomic E-state index is -4.16. The van der Waals surface area contributed by atoms with Crippen LogP contribution in [0.15, 0.2) is 70.5 Å². The van der Waals surface area contributed by atoms with Crippen LogP contribution in [0.25, 0.3) is 0 Å². The van der Waals surface area contributed by atoms with Gasteiger partial charge in [0.1, 0.15) is 11.5 Å². The summed E-state index contributed by atoms with van der Waals surface area (Å²) in [7, 11) is -8.32. The van der Waals surface area contributed by atoms with Crippen molar-refractivity contribution < 1.29 is 26.3 Å². The zero-order chi connectivity index (χ0) is 33.7. The van der Waals surface area contributed by atoms with Crippen molar-refractivity contribution in [2.75, 3.05) is 34.1 Å². The van der Waals surface area contributed by atoms with Crippen LogP contribution in [0.3, 0.4) is 0 Å². The summed E-state index contributed by atoms with van der Waals surface area (Å²) >= 11 is 0. The van der Waals surface area contributed by atoms with Crippen LogP contribution in [0, 0.1) is 11.8 Å². The van der Waals surface area contributed by atoms with E-state index in [0.717, 1.165) is 57.4 Å². The highest BCUT2D eigenvalue weighted by Gasteiger charge is 2.21. The Morgan fingerprint density at radius 2 is 1.04 bits per heavy atom. The number of ether oxygens (including phenoxy) is 2. The Balaban J connectivity index is 1.74. The van der Waals surface area contributed by atoms with E-state index in [0.29, 0.717) is 47.9 Å². The molecule has 0 saturated heterocycles. The smallest absolute Gasteiger partial charge is 0.261 e. The summed E-state index contributed by atoms with van der Waals surface area (Å²) in [5.41, 5.74) is 13.5. The summed E-state index contributed by atoms with van der Waals surface area (Å²) in [5.74, 6) is 1.51. The fraction of sp³-hybridized carbons (Fsp3) is 0.471. The molecule has 10 nitrogen and oxygen atoms in total. The van der Waals surface area contributed by atoms with Crippen LogP contribution < -0.4 is 30.4 Å². The summed E-state index contributed by atoms with van der Waals surface area (Å²) in [4.78, 5) is -0.446. The van der Waals surface area contributed by atoms with Gasteiger partial charge in [0, 0.05) is 12.1 Å². The summed E-state index contributed by atoms with van der Waals surface area (Å²) in [6, 6.07) is 14.4. The van der Waals surface area contributed by atoms with E-state index in [-0.39, 0.29) is 21.2 Å². The molecule has 254 valence electrons. The van der Waals surface area contributed by atoms with Gasteiger partial charge in [0.2, 0.25) is 0 Å². The minimum absolute atomic E-state index is 0.223. The van der Waals surface area contributed by atoms with Gasteiger partial charge in [0.05, 0.1) is 45.8 Å². The molecule has 0 aliphatic rings. The lowest BCUT2D eigenvalue weighted by Gasteiger charge is -2.18. The maximum absolute atomic E-state index is 13.3. The van der Waals surface area contributed by atoms with Crippen molar-refractivity contribution in [3.8, 4) is 11.5 Å². The molecule has 6 N–H and O–H groups in total. The molecule has 0 bridgehead atoms. The third kappa shape index (κ3) is 10.7. The highest BCUT2D eigenvalue weighted by atomic mass is 32.2. The number of rotatable bonds is 20. The van der Waals surface area contributed by atoms with Gasteiger partial charge < -0.3 is 20.9 Å². The molecular formula is C34H50N4O6S2. The van der Waals surface area contributed by atoms with Crippen LogP contribution in [0.2, 0.25) is 0 Å². The number of anilines is 4. The van der Waals surface area contributed by atoms with Crippen molar-refractivity contribution in [3.63, 3.8) is 0 Å². The molecule has 0 spiro atoms. The molecular weight excluding hydrogens is 625 g/mol. The summed E-state index contributed by atoms with van der Waals surface area (Å²) in [6.07, 6.45) is 8.43. The van der Waals surface area contributed by atoms with Crippen molar-refractivity contribution in [3.05, 3.63) is 60.7 Å². The zero-order valence-corrected chi connectivity index (χ0v) is 29.1. The Labute approximate surface area is 275 Å². The van der Waals surface area contributed by atoms with Crippen molar-refractivity contribution >= 4 is 42.8 Å². The first kappa shape index (κ1) is 36.8. The predicted molar refractivity (Wildman–Crippen MR) is 187 cm³/mol. The Kier molecular flexibility index (Phi) is 13.9. The maximum atomic E-state index is 13.3. The molecule has 2 atom stereocenters. The van der Waals surface area contributed by atoms with E-state index in [1.165, 1.54) is 42.5 Å². The number of nitrogens with one attached hydrogen (secondary N) is 2. The van der Waals surface area contributed by atoms with Crippen molar-refractivity contribution in [2.24, 2.45) is 11.8 Å². The lowest BCUT2D eigenvalue weighted by Crippen LogP contribution is -2.17. The molecule has 3 aromatic carbocycles. The van der Waals surface area contributed by atoms with Crippen molar-refractivity contribution in [1.29, 1.82) is 0 Å². The number of nitrogens with two attached hydrogens (primary N) is 2. The Morgan fingerprint density at radius 3 is 1.41 bits per heavy atom. The van der Waals surface area contributed by atoms with Gasteiger partial charge in [-0.2, -0.15) is 0 Å². The average Bonchev–Trinajstić information content (AvgIpc) is 3.03. The minimum Gasteiger partial charge on any atom is -0.491 e. The van der Waals surface area contributed by atoms with Crippen LogP contribution in [0.5, 0.6) is 11.5 Å². The van der Waals surface area contributed by atoms with E-state index in [1.54, 1.807) is 12.1 Å². The molecule has 0 aliphatic carbocycles. The first-order chi connectivity index (χ1) is 21.9. The quantitative estimate of drug-likeness (QED) is 0.0889. The standard InChI is InChI=1S/C34H50N4O6S2/c1-5-9-12-25(7-3)23-43-33-20-27(16-18-31(33)35)37-45(39,40)29-14-11-15-30(22-29)46(41,42)38-28-17-19-32(36)34(21-28)44-24-26(8-4)13-10-6-2/h11,14-22,25-26,37-38H,5-10,12-13,23-24,35-36H2,1-4H3. The number of hydrogen-bond acceptors (Lipinski definition) is 8. The van der Waals surface area contributed by atoms with Gasteiger partial charge in [-0.3, -0.25) is 9.44 Å². The monoisotopic (exact) mass is 674 g/mol. The molecule has 12 heteroatoms. The van der Waals surface area contributed by atoms with Crippen LogP contribution in [-0.4, -0.2) is 30.0 Å². The molecule has 0 saturated carbocycles. The molecule has 3 rings (SSSR count). The summed E-state index contributed by atoms with van der Waals surface area (Å²) in [6.45, 7) is 9.46. The fourth-order valence-corrected chi connectivity index (χ4v) is 7.16. The zero-order valence-electron chi connectivity index (χ0n) is 27.4. The molecule has 0 radical (unpaired) electrons. The van der Waals surface area contributed by atoms with Gasteiger partial charge in [-0.1, -0.05) is 72.3 Å². The van der Waals surface area contributed by atoms with Crippen LogP contribution >= 0.6 is 0 Å². The third-order valence-electron chi connectivity index (χ3n) is 7.99. The van der Waals surface area contributed by atoms with Gasteiger partial charge in [0.15, 0.2) is 0 Å². The fourth-order valence-electron chi connectivity index (χ4n) is 4.89. The van der Waals surface area contributed by atoms with E-state index in [1.807, 2.05) is 0 Å². The van der Waals surface area contributed by atoms with Crippen LogP contribution in [0.1, 0.15) is 79.1 Å². The highest BCUT2D eigenvalue weighted by molar-refractivity contribution is 7.93. The summed E-state index contributed by atoms with van der Waals surface area (Å²) in [5, 5.41) is 0. The first-order valence-corrected chi connectivity index (χ1v) is 19.1. The van der Waals surface area contributed by atoms with E-state index >= 15 is 0 Å². The SMILES string of the molecule is CCCCC(CC)COc1cc(NS(=O)(=O)c2cccc(S(=O)(=O)Nc3ccc(N)c(OCC(CC)CCCC)c3)c2)ccc1N.